The summed E-state index contributed by atoms with van der Waals surface area (Å²) in [6.45, 7) is 7.47. The van der Waals surface area contributed by atoms with Crippen molar-refractivity contribution in [2.24, 2.45) is 11.8 Å². The molecule has 2 saturated carbocycles. The van der Waals surface area contributed by atoms with Crippen molar-refractivity contribution >= 4 is 5.82 Å². The summed E-state index contributed by atoms with van der Waals surface area (Å²) in [5, 5.41) is 3.44. The molecule has 0 atom stereocenters. The third-order valence-electron chi connectivity index (χ3n) is 3.96. The van der Waals surface area contributed by atoms with Crippen molar-refractivity contribution in [2.75, 3.05) is 18.0 Å². The van der Waals surface area contributed by atoms with E-state index >= 15 is 0 Å². The molecule has 0 amide bonds. The molecule has 4 nitrogen and oxygen atoms in total. The number of anilines is 1. The van der Waals surface area contributed by atoms with Gasteiger partial charge in [0.05, 0.1) is 11.9 Å². The molecule has 1 heterocycles. The zero-order valence-corrected chi connectivity index (χ0v) is 12.7. The van der Waals surface area contributed by atoms with Crippen LogP contribution in [0.3, 0.4) is 0 Å². The number of aromatic nitrogens is 2. The van der Waals surface area contributed by atoms with E-state index in [0.717, 1.165) is 36.6 Å². The van der Waals surface area contributed by atoms with Crippen LogP contribution >= 0.6 is 0 Å². The molecule has 0 saturated heterocycles. The Labute approximate surface area is 122 Å². The zero-order chi connectivity index (χ0) is 13.9. The Bertz CT molecular complexity index is 438. The molecule has 2 aliphatic rings. The Morgan fingerprint density at radius 1 is 1.25 bits per heavy atom. The zero-order valence-electron chi connectivity index (χ0n) is 12.7. The van der Waals surface area contributed by atoms with Crippen molar-refractivity contribution in [1.29, 1.82) is 0 Å². The van der Waals surface area contributed by atoms with Crippen molar-refractivity contribution in [2.45, 2.75) is 52.1 Å². The van der Waals surface area contributed by atoms with Gasteiger partial charge in [-0.15, -0.1) is 0 Å². The fourth-order valence-corrected chi connectivity index (χ4v) is 2.50. The molecule has 0 aliphatic heterocycles. The molecule has 1 aromatic heterocycles. The highest BCUT2D eigenvalue weighted by Gasteiger charge is 2.34. The summed E-state index contributed by atoms with van der Waals surface area (Å²) in [5.74, 6) is 2.66. The van der Waals surface area contributed by atoms with Crippen LogP contribution in [-0.4, -0.2) is 29.1 Å². The van der Waals surface area contributed by atoms with E-state index in [1.807, 2.05) is 12.4 Å². The molecule has 20 heavy (non-hydrogen) atoms. The number of rotatable bonds is 8. The van der Waals surface area contributed by atoms with E-state index in [1.165, 1.54) is 32.2 Å². The van der Waals surface area contributed by atoms with E-state index in [1.54, 1.807) is 0 Å². The lowest BCUT2D eigenvalue weighted by atomic mass is 10.2. The van der Waals surface area contributed by atoms with Gasteiger partial charge in [0.15, 0.2) is 0 Å². The van der Waals surface area contributed by atoms with Gasteiger partial charge in [0.1, 0.15) is 5.82 Å². The minimum atomic E-state index is 0.670. The molecule has 0 unspecified atom stereocenters. The maximum Gasteiger partial charge on any atom is 0.147 e. The normalized spacial score (nSPS) is 18.6. The first-order chi connectivity index (χ1) is 9.72. The van der Waals surface area contributed by atoms with Gasteiger partial charge in [-0.2, -0.15) is 0 Å². The molecule has 0 radical (unpaired) electrons. The fraction of sp³-hybridized carbons (Fsp3) is 0.750. The molecule has 2 fully saturated rings. The van der Waals surface area contributed by atoms with Gasteiger partial charge in [-0.05, 0) is 44.1 Å². The van der Waals surface area contributed by atoms with E-state index in [0.29, 0.717) is 5.92 Å². The highest BCUT2D eigenvalue weighted by molar-refractivity contribution is 5.40. The Kier molecular flexibility index (Phi) is 4.20. The molecule has 0 bridgehead atoms. The first kappa shape index (κ1) is 13.8. The Morgan fingerprint density at radius 2 is 2.05 bits per heavy atom. The van der Waals surface area contributed by atoms with Gasteiger partial charge in [-0.25, -0.2) is 4.98 Å². The maximum absolute atomic E-state index is 4.81. The van der Waals surface area contributed by atoms with Crippen LogP contribution in [0.15, 0.2) is 12.4 Å². The van der Waals surface area contributed by atoms with Crippen LogP contribution in [0, 0.1) is 11.8 Å². The summed E-state index contributed by atoms with van der Waals surface area (Å²) in [6.07, 6.45) is 9.26. The molecule has 0 spiro atoms. The quantitative estimate of drug-likeness (QED) is 0.791. The first-order valence-electron chi connectivity index (χ1n) is 8.00. The van der Waals surface area contributed by atoms with Crippen molar-refractivity contribution in [3.63, 3.8) is 0 Å². The average molecular weight is 274 g/mol. The van der Waals surface area contributed by atoms with E-state index in [9.17, 15) is 0 Å². The minimum Gasteiger partial charge on any atom is -0.352 e. The smallest absolute Gasteiger partial charge is 0.147 e. The highest BCUT2D eigenvalue weighted by atomic mass is 15.2. The van der Waals surface area contributed by atoms with E-state index in [-0.39, 0.29) is 0 Å². The van der Waals surface area contributed by atoms with E-state index in [2.05, 4.69) is 29.0 Å². The third-order valence-corrected chi connectivity index (χ3v) is 3.96. The van der Waals surface area contributed by atoms with Gasteiger partial charge < -0.3 is 10.2 Å². The summed E-state index contributed by atoms with van der Waals surface area (Å²) >= 11 is 0. The lowest BCUT2D eigenvalue weighted by molar-refractivity contribution is 0.547. The second-order valence-electron chi connectivity index (χ2n) is 6.72. The van der Waals surface area contributed by atoms with Gasteiger partial charge in [-0.1, -0.05) is 13.8 Å². The molecule has 110 valence electrons. The fourth-order valence-electron chi connectivity index (χ4n) is 2.50. The largest absolute Gasteiger partial charge is 0.352 e. The van der Waals surface area contributed by atoms with Crippen LogP contribution in [-0.2, 0) is 6.54 Å². The van der Waals surface area contributed by atoms with Crippen LogP contribution in [0.2, 0.25) is 0 Å². The van der Waals surface area contributed by atoms with Gasteiger partial charge in [0, 0.05) is 25.3 Å². The maximum atomic E-state index is 4.81. The second kappa shape index (κ2) is 6.08. The predicted molar refractivity (Wildman–Crippen MR) is 81.7 cm³/mol. The summed E-state index contributed by atoms with van der Waals surface area (Å²) in [5.41, 5.74) is 1.06. The highest BCUT2D eigenvalue weighted by Crippen LogP contribution is 2.36. The molecule has 3 rings (SSSR count). The average Bonchev–Trinajstić information content (AvgIpc) is 3.28. The lowest BCUT2D eigenvalue weighted by Gasteiger charge is -2.23. The van der Waals surface area contributed by atoms with Gasteiger partial charge in [-0.3, -0.25) is 4.98 Å². The summed E-state index contributed by atoms with van der Waals surface area (Å²) in [7, 11) is 0. The van der Waals surface area contributed by atoms with Crippen molar-refractivity contribution < 1.29 is 0 Å². The molecule has 1 N–H and O–H groups in total. The molecular weight excluding hydrogens is 248 g/mol. The topological polar surface area (TPSA) is 41.1 Å². The predicted octanol–water partition coefficient (Wildman–Crippen LogP) is 2.60. The summed E-state index contributed by atoms with van der Waals surface area (Å²) < 4.78 is 0. The van der Waals surface area contributed by atoms with Crippen molar-refractivity contribution in [3.8, 4) is 0 Å². The first-order valence-corrected chi connectivity index (χ1v) is 8.00. The number of nitrogens with one attached hydrogen (secondary N) is 1. The van der Waals surface area contributed by atoms with E-state index in [4.69, 9.17) is 4.98 Å². The number of hydrogen-bond donors (Lipinski definition) is 1. The van der Waals surface area contributed by atoms with Gasteiger partial charge in [0.2, 0.25) is 0 Å². The molecule has 2 aliphatic carbocycles. The van der Waals surface area contributed by atoms with Gasteiger partial charge in [0.25, 0.3) is 0 Å². The summed E-state index contributed by atoms with van der Waals surface area (Å²) in [4.78, 5) is 11.7. The van der Waals surface area contributed by atoms with Crippen LogP contribution in [0.1, 0.15) is 45.2 Å². The van der Waals surface area contributed by atoms with E-state index < -0.39 is 0 Å². The van der Waals surface area contributed by atoms with Crippen molar-refractivity contribution in [1.82, 2.24) is 15.3 Å². The monoisotopic (exact) mass is 274 g/mol. The lowest BCUT2D eigenvalue weighted by Crippen LogP contribution is -2.29. The van der Waals surface area contributed by atoms with Crippen LogP contribution < -0.4 is 10.2 Å². The molecule has 4 heteroatoms. The Hall–Kier alpha value is -1.16. The molecular formula is C16H26N4. The van der Waals surface area contributed by atoms with Crippen LogP contribution in [0.25, 0.3) is 0 Å². The summed E-state index contributed by atoms with van der Waals surface area (Å²) in [6, 6.07) is 0.726. The Balaban J connectivity index is 1.62. The minimum absolute atomic E-state index is 0.670. The molecule has 0 aromatic carbocycles. The Morgan fingerprint density at radius 3 is 2.70 bits per heavy atom. The van der Waals surface area contributed by atoms with Crippen LogP contribution in [0.5, 0.6) is 0 Å². The standard InChI is InChI=1S/C16H26N4/c1-12(2)7-17-8-14-9-18-10-16(19-14)20(15-5-6-15)11-13-3-4-13/h9-10,12-13,15,17H,3-8,11H2,1-2H3. The molecule has 1 aromatic rings. The third kappa shape index (κ3) is 3.92. The number of hydrogen-bond acceptors (Lipinski definition) is 4. The van der Waals surface area contributed by atoms with Crippen LogP contribution in [0.4, 0.5) is 5.82 Å². The number of nitrogens with zero attached hydrogens (tertiary/aromatic N) is 3. The second-order valence-corrected chi connectivity index (χ2v) is 6.72. The van der Waals surface area contributed by atoms with Crippen molar-refractivity contribution in [3.05, 3.63) is 18.1 Å². The SMILES string of the molecule is CC(C)CNCc1cncc(N(CC2CC2)C2CC2)n1. The van der Waals surface area contributed by atoms with Gasteiger partial charge >= 0.3 is 0 Å².